The summed E-state index contributed by atoms with van der Waals surface area (Å²) in [6, 6.07) is 1.17. The molecule has 100 valence electrons. The van der Waals surface area contributed by atoms with Gasteiger partial charge in [0.15, 0.2) is 0 Å². The minimum Gasteiger partial charge on any atom is -0.393 e. The fraction of sp³-hybridized carbons (Fsp3) is 0.786. The van der Waals surface area contributed by atoms with E-state index in [9.17, 15) is 5.11 Å². The summed E-state index contributed by atoms with van der Waals surface area (Å²) in [5.41, 5.74) is 1.22. The molecule has 1 aromatic heterocycles. The molecule has 0 amide bonds. The lowest BCUT2D eigenvalue weighted by Crippen LogP contribution is -2.44. The molecular formula is C14H22N2OS. The standard InChI is InChI=1S/C14H22N2OS/c1-9(2)14-15-10(8-18-14)7-16-11-3-4-12(16)6-13(17)5-11/h8-9,11-13,17H,3-7H2,1-2H3. The highest BCUT2D eigenvalue weighted by Crippen LogP contribution is 2.37. The van der Waals surface area contributed by atoms with Gasteiger partial charge in [0, 0.05) is 29.9 Å². The summed E-state index contributed by atoms with van der Waals surface area (Å²) < 4.78 is 0. The lowest BCUT2D eigenvalue weighted by atomic mass is 10.00. The maximum atomic E-state index is 9.81. The van der Waals surface area contributed by atoms with Crippen LogP contribution in [0, 0.1) is 0 Å². The molecule has 0 aliphatic carbocycles. The Morgan fingerprint density at radius 3 is 2.61 bits per heavy atom. The maximum Gasteiger partial charge on any atom is 0.0954 e. The molecule has 2 unspecified atom stereocenters. The smallest absolute Gasteiger partial charge is 0.0954 e. The topological polar surface area (TPSA) is 36.4 Å². The molecular weight excluding hydrogens is 244 g/mol. The van der Waals surface area contributed by atoms with Crippen LogP contribution in [0.25, 0.3) is 0 Å². The van der Waals surface area contributed by atoms with E-state index in [0.29, 0.717) is 18.0 Å². The monoisotopic (exact) mass is 266 g/mol. The van der Waals surface area contributed by atoms with Gasteiger partial charge in [-0.15, -0.1) is 11.3 Å². The number of aromatic nitrogens is 1. The van der Waals surface area contributed by atoms with Crippen LogP contribution in [0.15, 0.2) is 5.38 Å². The van der Waals surface area contributed by atoms with Gasteiger partial charge in [0.2, 0.25) is 0 Å². The van der Waals surface area contributed by atoms with Gasteiger partial charge in [-0.05, 0) is 25.7 Å². The van der Waals surface area contributed by atoms with Crippen LogP contribution >= 0.6 is 11.3 Å². The number of piperidine rings is 1. The van der Waals surface area contributed by atoms with Gasteiger partial charge in [-0.1, -0.05) is 13.8 Å². The van der Waals surface area contributed by atoms with Crippen molar-refractivity contribution in [3.05, 3.63) is 16.1 Å². The van der Waals surface area contributed by atoms with E-state index in [0.717, 1.165) is 19.4 Å². The van der Waals surface area contributed by atoms with Gasteiger partial charge < -0.3 is 5.11 Å². The summed E-state index contributed by atoms with van der Waals surface area (Å²) in [6.07, 6.45) is 4.35. The van der Waals surface area contributed by atoms with Crippen molar-refractivity contribution in [3.63, 3.8) is 0 Å². The van der Waals surface area contributed by atoms with Crippen molar-refractivity contribution in [1.82, 2.24) is 9.88 Å². The first kappa shape index (κ1) is 12.6. The van der Waals surface area contributed by atoms with Gasteiger partial charge in [0.05, 0.1) is 16.8 Å². The van der Waals surface area contributed by atoms with Gasteiger partial charge in [-0.3, -0.25) is 4.90 Å². The predicted octanol–water partition coefficient (Wildman–Crippen LogP) is 2.75. The van der Waals surface area contributed by atoms with Crippen LogP contribution in [0.3, 0.4) is 0 Å². The van der Waals surface area contributed by atoms with E-state index in [1.54, 1.807) is 11.3 Å². The molecule has 3 rings (SSSR count). The van der Waals surface area contributed by atoms with Crippen LogP contribution in [0.2, 0.25) is 0 Å². The molecule has 2 saturated heterocycles. The van der Waals surface area contributed by atoms with Crippen LogP contribution in [-0.2, 0) is 6.54 Å². The van der Waals surface area contributed by atoms with E-state index in [1.807, 2.05) is 0 Å². The van der Waals surface area contributed by atoms with E-state index in [2.05, 4.69) is 24.1 Å². The largest absolute Gasteiger partial charge is 0.393 e. The van der Waals surface area contributed by atoms with Gasteiger partial charge in [0.25, 0.3) is 0 Å². The molecule has 0 aromatic carbocycles. The SMILES string of the molecule is CC(C)c1nc(CN2C3CCC2CC(O)C3)cs1. The summed E-state index contributed by atoms with van der Waals surface area (Å²) in [4.78, 5) is 7.31. The number of nitrogens with zero attached hydrogens (tertiary/aromatic N) is 2. The molecule has 1 aromatic rings. The van der Waals surface area contributed by atoms with Crippen LogP contribution in [-0.4, -0.2) is 33.2 Å². The second-order valence-corrected chi connectivity index (χ2v) is 6.90. The van der Waals surface area contributed by atoms with E-state index in [4.69, 9.17) is 4.98 Å². The maximum absolute atomic E-state index is 9.81. The summed E-state index contributed by atoms with van der Waals surface area (Å²) in [6.45, 7) is 5.37. The summed E-state index contributed by atoms with van der Waals surface area (Å²) in [7, 11) is 0. The van der Waals surface area contributed by atoms with E-state index in [1.165, 1.54) is 23.5 Å². The Morgan fingerprint density at radius 1 is 1.39 bits per heavy atom. The van der Waals surface area contributed by atoms with Crippen molar-refractivity contribution in [2.75, 3.05) is 0 Å². The number of rotatable bonds is 3. The normalized spacial score (nSPS) is 32.3. The zero-order valence-electron chi connectivity index (χ0n) is 11.2. The highest BCUT2D eigenvalue weighted by molar-refractivity contribution is 7.09. The summed E-state index contributed by atoms with van der Waals surface area (Å²) in [5, 5.41) is 13.3. The molecule has 2 bridgehead atoms. The van der Waals surface area contributed by atoms with Crippen molar-refractivity contribution in [2.24, 2.45) is 0 Å². The van der Waals surface area contributed by atoms with Crippen molar-refractivity contribution >= 4 is 11.3 Å². The Hall–Kier alpha value is -0.450. The number of thiazole rings is 1. The molecule has 2 aliphatic heterocycles. The van der Waals surface area contributed by atoms with Crippen molar-refractivity contribution in [1.29, 1.82) is 0 Å². The van der Waals surface area contributed by atoms with Gasteiger partial charge in [-0.25, -0.2) is 4.98 Å². The Balaban J connectivity index is 1.69. The molecule has 3 nitrogen and oxygen atoms in total. The molecule has 18 heavy (non-hydrogen) atoms. The fourth-order valence-electron chi connectivity index (χ4n) is 3.35. The minimum absolute atomic E-state index is 0.0691. The number of aliphatic hydroxyl groups is 1. The third-order valence-electron chi connectivity index (χ3n) is 4.27. The van der Waals surface area contributed by atoms with Crippen LogP contribution in [0.1, 0.15) is 56.2 Å². The molecule has 1 N–H and O–H groups in total. The first-order valence-electron chi connectivity index (χ1n) is 7.01. The summed E-state index contributed by atoms with van der Waals surface area (Å²) in [5.74, 6) is 0.531. The first-order chi connectivity index (χ1) is 8.63. The zero-order chi connectivity index (χ0) is 12.7. The van der Waals surface area contributed by atoms with Crippen LogP contribution in [0.4, 0.5) is 0 Å². The lowest BCUT2D eigenvalue weighted by molar-refractivity contribution is 0.0304. The predicted molar refractivity (Wildman–Crippen MR) is 73.8 cm³/mol. The average molecular weight is 266 g/mol. The summed E-state index contributed by atoms with van der Waals surface area (Å²) >= 11 is 1.78. The van der Waals surface area contributed by atoms with Crippen molar-refractivity contribution < 1.29 is 5.11 Å². The van der Waals surface area contributed by atoms with Crippen molar-refractivity contribution in [3.8, 4) is 0 Å². The van der Waals surface area contributed by atoms with E-state index >= 15 is 0 Å². The molecule has 0 spiro atoms. The second-order valence-electron chi connectivity index (χ2n) is 6.01. The molecule has 0 saturated carbocycles. The first-order valence-corrected chi connectivity index (χ1v) is 7.89. The Bertz CT molecular complexity index is 404. The Morgan fingerprint density at radius 2 is 2.06 bits per heavy atom. The Labute approximate surface area is 113 Å². The number of fused-ring (bicyclic) bond motifs is 2. The van der Waals surface area contributed by atoms with E-state index < -0.39 is 0 Å². The number of aliphatic hydroxyl groups excluding tert-OH is 1. The minimum atomic E-state index is -0.0691. The molecule has 2 aliphatic rings. The third-order valence-corrected chi connectivity index (χ3v) is 5.46. The average Bonchev–Trinajstić information content (AvgIpc) is 2.85. The highest BCUT2D eigenvalue weighted by atomic mass is 32.1. The fourth-order valence-corrected chi connectivity index (χ4v) is 4.18. The number of hydrogen-bond donors (Lipinski definition) is 1. The molecule has 3 heterocycles. The Kier molecular flexibility index (Phi) is 3.43. The molecule has 0 radical (unpaired) electrons. The second kappa shape index (κ2) is 4.91. The third kappa shape index (κ3) is 2.33. The van der Waals surface area contributed by atoms with Crippen LogP contribution < -0.4 is 0 Å². The van der Waals surface area contributed by atoms with Crippen molar-refractivity contribution in [2.45, 2.75) is 70.2 Å². The van der Waals surface area contributed by atoms with Crippen LogP contribution in [0.5, 0.6) is 0 Å². The number of hydrogen-bond acceptors (Lipinski definition) is 4. The molecule has 4 heteroatoms. The molecule has 2 atom stereocenters. The van der Waals surface area contributed by atoms with E-state index in [-0.39, 0.29) is 6.10 Å². The lowest BCUT2D eigenvalue weighted by Gasteiger charge is -2.36. The van der Waals surface area contributed by atoms with Gasteiger partial charge >= 0.3 is 0 Å². The quantitative estimate of drug-likeness (QED) is 0.914. The molecule has 2 fully saturated rings. The zero-order valence-corrected chi connectivity index (χ0v) is 12.0. The van der Waals surface area contributed by atoms with Gasteiger partial charge in [0.1, 0.15) is 0 Å². The highest BCUT2D eigenvalue weighted by Gasteiger charge is 2.40. The van der Waals surface area contributed by atoms with Gasteiger partial charge in [-0.2, -0.15) is 0 Å².